The lowest BCUT2D eigenvalue weighted by Crippen LogP contribution is -2.02. The zero-order valence-corrected chi connectivity index (χ0v) is 11.9. The van der Waals surface area contributed by atoms with Crippen molar-refractivity contribution in [2.24, 2.45) is 0 Å². The summed E-state index contributed by atoms with van der Waals surface area (Å²) in [5, 5.41) is 0.262. The fraction of sp³-hybridized carbons (Fsp3) is 0.133. The number of carbonyl (C=O) groups excluding carboxylic acids is 1. The van der Waals surface area contributed by atoms with Gasteiger partial charge in [0.25, 0.3) is 0 Å². The summed E-state index contributed by atoms with van der Waals surface area (Å²) in [5.41, 5.74) is 0.700. The van der Waals surface area contributed by atoms with Crippen LogP contribution in [-0.4, -0.2) is 11.5 Å². The second-order valence-corrected chi connectivity index (χ2v) is 5.66. The largest absolute Gasteiger partial charge is 0.289 e. The van der Waals surface area contributed by atoms with Gasteiger partial charge in [0.15, 0.2) is 5.78 Å². The lowest BCUT2D eigenvalue weighted by Gasteiger charge is -2.05. The molecular weight excluding hydrogens is 283 g/mol. The van der Waals surface area contributed by atoms with Crippen molar-refractivity contribution in [2.75, 3.05) is 5.75 Å². The van der Waals surface area contributed by atoms with Gasteiger partial charge in [-0.05, 0) is 48.2 Å². The van der Waals surface area contributed by atoms with Crippen molar-refractivity contribution < 1.29 is 9.18 Å². The number of ketones is 1. The van der Waals surface area contributed by atoms with Crippen molar-refractivity contribution in [2.45, 2.75) is 11.8 Å². The molecule has 0 radical (unpaired) electrons. The second-order valence-electron chi connectivity index (χ2n) is 3.91. The summed E-state index contributed by atoms with van der Waals surface area (Å²) in [7, 11) is 0. The molecule has 0 unspecified atom stereocenters. The number of benzene rings is 2. The summed E-state index contributed by atoms with van der Waals surface area (Å²) in [6, 6.07) is 11.0. The molecular formula is C15H12ClFOS. The average Bonchev–Trinajstić information content (AvgIpc) is 2.42. The van der Waals surface area contributed by atoms with Crippen LogP contribution in [0.15, 0.2) is 47.4 Å². The van der Waals surface area contributed by atoms with Gasteiger partial charge in [0, 0.05) is 16.0 Å². The monoisotopic (exact) mass is 294 g/mol. The summed E-state index contributed by atoms with van der Waals surface area (Å²) >= 11 is 7.63. The number of thioether (sulfide) groups is 1. The van der Waals surface area contributed by atoms with Crippen molar-refractivity contribution in [3.8, 4) is 0 Å². The van der Waals surface area contributed by atoms with Crippen LogP contribution in [0.1, 0.15) is 22.8 Å². The van der Waals surface area contributed by atoms with Crippen molar-refractivity contribution in [1.29, 1.82) is 0 Å². The third-order valence-electron chi connectivity index (χ3n) is 2.60. The predicted molar refractivity (Wildman–Crippen MR) is 77.7 cm³/mol. The molecule has 0 spiro atoms. The van der Waals surface area contributed by atoms with Crippen LogP contribution in [0.4, 0.5) is 4.39 Å². The van der Waals surface area contributed by atoms with Crippen LogP contribution in [-0.2, 0) is 0 Å². The third-order valence-corrected chi connectivity index (χ3v) is 3.82. The third kappa shape index (κ3) is 3.37. The maximum atomic E-state index is 13.2. The van der Waals surface area contributed by atoms with E-state index in [9.17, 15) is 9.18 Å². The van der Waals surface area contributed by atoms with E-state index in [1.165, 1.54) is 18.2 Å². The van der Waals surface area contributed by atoms with Gasteiger partial charge in [0.1, 0.15) is 5.82 Å². The molecule has 98 valence electrons. The zero-order chi connectivity index (χ0) is 13.8. The van der Waals surface area contributed by atoms with Gasteiger partial charge < -0.3 is 0 Å². The van der Waals surface area contributed by atoms with Crippen LogP contribution >= 0.6 is 23.4 Å². The first-order valence-electron chi connectivity index (χ1n) is 5.84. The van der Waals surface area contributed by atoms with E-state index in [1.807, 2.05) is 12.1 Å². The van der Waals surface area contributed by atoms with Crippen molar-refractivity contribution in [1.82, 2.24) is 0 Å². The van der Waals surface area contributed by atoms with E-state index in [0.29, 0.717) is 5.56 Å². The highest BCUT2D eigenvalue weighted by molar-refractivity contribution is 7.99. The molecule has 0 aromatic heterocycles. The highest BCUT2D eigenvalue weighted by Gasteiger charge is 2.13. The Morgan fingerprint density at radius 3 is 2.53 bits per heavy atom. The zero-order valence-electron chi connectivity index (χ0n) is 10.3. The Bertz CT molecular complexity index is 596. The number of halogens is 2. The predicted octanol–water partition coefficient (Wildman–Crippen LogP) is 4.82. The maximum Gasteiger partial charge on any atom is 0.194 e. The highest BCUT2D eigenvalue weighted by atomic mass is 35.5. The summed E-state index contributed by atoms with van der Waals surface area (Å²) in [5.74, 6) is 0.242. The summed E-state index contributed by atoms with van der Waals surface area (Å²) < 4.78 is 13.2. The number of rotatable bonds is 4. The van der Waals surface area contributed by atoms with Gasteiger partial charge >= 0.3 is 0 Å². The summed E-state index contributed by atoms with van der Waals surface area (Å²) in [6.45, 7) is 2.07. The molecule has 0 fully saturated rings. The van der Waals surface area contributed by atoms with Crippen LogP contribution in [0.25, 0.3) is 0 Å². The van der Waals surface area contributed by atoms with Crippen LogP contribution in [0, 0.1) is 5.82 Å². The van der Waals surface area contributed by atoms with Crippen molar-refractivity contribution >= 4 is 29.1 Å². The standard InChI is InChI=1S/C15H12ClFOS/c1-2-19-12-6-3-10(4-7-12)15(18)13-9-11(17)5-8-14(13)16/h3-9H,2H2,1H3. The Labute approximate surface area is 120 Å². The quantitative estimate of drug-likeness (QED) is 0.594. The molecule has 0 amide bonds. The molecule has 0 bridgehead atoms. The van der Waals surface area contributed by atoms with E-state index in [0.717, 1.165) is 10.6 Å². The normalized spacial score (nSPS) is 10.5. The fourth-order valence-electron chi connectivity index (χ4n) is 1.70. The van der Waals surface area contributed by atoms with Gasteiger partial charge in [0.05, 0.1) is 5.02 Å². The molecule has 0 saturated heterocycles. The Kier molecular flexibility index (Phi) is 4.61. The van der Waals surface area contributed by atoms with Gasteiger partial charge in [-0.15, -0.1) is 11.8 Å². The minimum Gasteiger partial charge on any atom is -0.289 e. The molecule has 0 aliphatic carbocycles. The Hall–Kier alpha value is -1.32. The lowest BCUT2D eigenvalue weighted by atomic mass is 10.0. The molecule has 0 N–H and O–H groups in total. The van der Waals surface area contributed by atoms with E-state index in [4.69, 9.17) is 11.6 Å². The molecule has 2 rings (SSSR count). The van der Waals surface area contributed by atoms with Gasteiger partial charge in [0.2, 0.25) is 0 Å². The smallest absolute Gasteiger partial charge is 0.194 e. The molecule has 4 heteroatoms. The lowest BCUT2D eigenvalue weighted by molar-refractivity contribution is 0.103. The van der Waals surface area contributed by atoms with E-state index >= 15 is 0 Å². The Morgan fingerprint density at radius 2 is 1.89 bits per heavy atom. The van der Waals surface area contributed by atoms with E-state index in [1.54, 1.807) is 23.9 Å². The number of carbonyl (C=O) groups is 1. The topological polar surface area (TPSA) is 17.1 Å². The molecule has 2 aromatic carbocycles. The molecule has 0 saturated carbocycles. The SMILES string of the molecule is CCSc1ccc(C(=O)c2cc(F)ccc2Cl)cc1. The van der Waals surface area contributed by atoms with Gasteiger partial charge in [-0.1, -0.05) is 18.5 Å². The Balaban J connectivity index is 2.30. The summed E-state index contributed by atoms with van der Waals surface area (Å²) in [6.07, 6.45) is 0. The van der Waals surface area contributed by atoms with E-state index < -0.39 is 5.82 Å². The molecule has 0 aliphatic heterocycles. The molecule has 1 nitrogen and oxygen atoms in total. The number of hydrogen-bond donors (Lipinski definition) is 0. The first-order chi connectivity index (χ1) is 9.11. The first-order valence-corrected chi connectivity index (χ1v) is 7.20. The molecule has 0 atom stereocenters. The van der Waals surface area contributed by atoms with Crippen molar-refractivity contribution in [3.63, 3.8) is 0 Å². The maximum absolute atomic E-state index is 13.2. The minimum atomic E-state index is -0.467. The van der Waals surface area contributed by atoms with Gasteiger partial charge in [-0.25, -0.2) is 4.39 Å². The van der Waals surface area contributed by atoms with E-state index in [-0.39, 0.29) is 16.4 Å². The summed E-state index contributed by atoms with van der Waals surface area (Å²) in [4.78, 5) is 13.3. The van der Waals surface area contributed by atoms with Crippen LogP contribution in [0.3, 0.4) is 0 Å². The van der Waals surface area contributed by atoms with Crippen molar-refractivity contribution in [3.05, 3.63) is 64.4 Å². The highest BCUT2D eigenvalue weighted by Crippen LogP contribution is 2.23. The Morgan fingerprint density at radius 1 is 1.21 bits per heavy atom. The molecule has 19 heavy (non-hydrogen) atoms. The van der Waals surface area contributed by atoms with Gasteiger partial charge in [-0.3, -0.25) is 4.79 Å². The molecule has 0 heterocycles. The average molecular weight is 295 g/mol. The first kappa shape index (κ1) is 14.1. The molecule has 2 aromatic rings. The minimum absolute atomic E-state index is 0.192. The second kappa shape index (κ2) is 6.22. The van der Waals surface area contributed by atoms with Crippen LogP contribution in [0.5, 0.6) is 0 Å². The molecule has 0 aliphatic rings. The van der Waals surface area contributed by atoms with Crippen LogP contribution in [0.2, 0.25) is 5.02 Å². The number of hydrogen-bond acceptors (Lipinski definition) is 2. The van der Waals surface area contributed by atoms with Crippen LogP contribution < -0.4 is 0 Å². The van der Waals surface area contributed by atoms with Gasteiger partial charge in [-0.2, -0.15) is 0 Å². The fourth-order valence-corrected chi connectivity index (χ4v) is 2.56. The van der Waals surface area contributed by atoms with E-state index in [2.05, 4.69) is 6.92 Å².